The first-order chi connectivity index (χ1) is 8.52. The first-order valence-corrected chi connectivity index (χ1v) is 8.09. The molecule has 0 aliphatic heterocycles. The number of halogens is 2. The molecule has 0 saturated heterocycles. The molecule has 0 radical (unpaired) electrons. The Morgan fingerprint density at radius 1 is 1.50 bits per heavy atom. The molecule has 2 atom stereocenters. The fraction of sp³-hybridized carbons (Fsp3) is 0.417. The molecule has 0 spiro atoms. The maximum absolute atomic E-state index is 11.5. The first-order valence-electron chi connectivity index (χ1n) is 5.55. The van der Waals surface area contributed by atoms with E-state index in [2.05, 4.69) is 4.98 Å². The van der Waals surface area contributed by atoms with E-state index in [1.165, 1.54) is 0 Å². The van der Waals surface area contributed by atoms with Crippen LogP contribution >= 0.6 is 23.2 Å². The topological polar surface area (TPSA) is 34.9 Å². The highest BCUT2D eigenvalue weighted by Gasteiger charge is 2.14. The SMILES string of the molecule is CC(Cn1c(CCl)nc2cc(Cl)ccc21)S(C)=O. The van der Waals surface area contributed by atoms with Gasteiger partial charge in [0.25, 0.3) is 0 Å². The second kappa shape index (κ2) is 5.59. The Balaban J connectivity index is 2.50. The molecule has 0 N–H and O–H groups in total. The van der Waals surface area contributed by atoms with E-state index in [1.54, 1.807) is 6.26 Å². The van der Waals surface area contributed by atoms with Crippen LogP contribution in [0.15, 0.2) is 18.2 Å². The smallest absolute Gasteiger partial charge is 0.124 e. The van der Waals surface area contributed by atoms with E-state index in [1.807, 2.05) is 29.7 Å². The van der Waals surface area contributed by atoms with Gasteiger partial charge in [-0.1, -0.05) is 11.6 Å². The van der Waals surface area contributed by atoms with Crippen molar-refractivity contribution < 1.29 is 4.21 Å². The summed E-state index contributed by atoms with van der Waals surface area (Å²) < 4.78 is 13.5. The molecule has 3 nitrogen and oxygen atoms in total. The van der Waals surface area contributed by atoms with Crippen molar-refractivity contribution in [3.8, 4) is 0 Å². The molecule has 0 bridgehead atoms. The zero-order valence-corrected chi connectivity index (χ0v) is 12.5. The Morgan fingerprint density at radius 3 is 2.83 bits per heavy atom. The van der Waals surface area contributed by atoms with Crippen LogP contribution in [0.2, 0.25) is 5.02 Å². The van der Waals surface area contributed by atoms with Crippen LogP contribution in [0.3, 0.4) is 0 Å². The minimum absolute atomic E-state index is 0.0556. The summed E-state index contributed by atoms with van der Waals surface area (Å²) in [5, 5.41) is 0.709. The number of rotatable bonds is 4. The molecule has 2 aromatic rings. The molecular formula is C12H14Cl2N2OS. The molecule has 98 valence electrons. The third-order valence-corrected chi connectivity index (χ3v) is 4.67. The molecule has 2 unspecified atom stereocenters. The zero-order chi connectivity index (χ0) is 13.3. The molecule has 1 aromatic heterocycles. The first kappa shape index (κ1) is 13.8. The van der Waals surface area contributed by atoms with Crippen molar-refractivity contribution in [3.05, 3.63) is 29.0 Å². The van der Waals surface area contributed by atoms with Crippen LogP contribution in [0.1, 0.15) is 12.7 Å². The van der Waals surface area contributed by atoms with Crippen molar-refractivity contribution in [2.24, 2.45) is 0 Å². The molecule has 1 heterocycles. The van der Waals surface area contributed by atoms with E-state index in [4.69, 9.17) is 23.2 Å². The lowest BCUT2D eigenvalue weighted by Gasteiger charge is -2.12. The molecule has 18 heavy (non-hydrogen) atoms. The lowest BCUT2D eigenvalue weighted by molar-refractivity contribution is 0.641. The van der Waals surface area contributed by atoms with Gasteiger partial charge in [0.15, 0.2) is 0 Å². The molecular weight excluding hydrogens is 291 g/mol. The Morgan fingerprint density at radius 2 is 2.22 bits per heavy atom. The van der Waals surface area contributed by atoms with Crippen LogP contribution < -0.4 is 0 Å². The van der Waals surface area contributed by atoms with Gasteiger partial charge in [0.1, 0.15) is 5.82 Å². The number of alkyl halides is 1. The van der Waals surface area contributed by atoms with Gasteiger partial charge in [0.2, 0.25) is 0 Å². The normalized spacial score (nSPS) is 14.9. The van der Waals surface area contributed by atoms with Gasteiger partial charge in [0.05, 0.1) is 16.9 Å². The van der Waals surface area contributed by atoms with Crippen LogP contribution in [-0.2, 0) is 23.2 Å². The van der Waals surface area contributed by atoms with Gasteiger partial charge >= 0.3 is 0 Å². The zero-order valence-electron chi connectivity index (χ0n) is 10.2. The Bertz CT molecular complexity index is 597. The third-order valence-electron chi connectivity index (χ3n) is 2.92. The minimum Gasteiger partial charge on any atom is -0.326 e. The maximum Gasteiger partial charge on any atom is 0.124 e. The van der Waals surface area contributed by atoms with E-state index < -0.39 is 10.8 Å². The summed E-state index contributed by atoms with van der Waals surface area (Å²) in [5.41, 5.74) is 1.81. The predicted molar refractivity (Wildman–Crippen MR) is 77.8 cm³/mol. The quantitative estimate of drug-likeness (QED) is 0.813. The molecule has 0 aliphatic rings. The number of nitrogens with zero attached hydrogens (tertiary/aromatic N) is 2. The van der Waals surface area contributed by atoms with Gasteiger partial charge in [0, 0.05) is 33.9 Å². The standard InChI is InChI=1S/C12H14Cl2N2OS/c1-8(18(2)17)7-16-11-4-3-9(14)5-10(11)15-12(16)6-13/h3-5,8H,6-7H2,1-2H3. The fourth-order valence-electron chi connectivity index (χ4n) is 1.82. The van der Waals surface area contributed by atoms with E-state index in [-0.39, 0.29) is 5.25 Å². The second-order valence-electron chi connectivity index (χ2n) is 4.21. The summed E-state index contributed by atoms with van der Waals surface area (Å²) in [7, 11) is -0.870. The van der Waals surface area contributed by atoms with E-state index in [9.17, 15) is 4.21 Å². The highest BCUT2D eigenvalue weighted by atomic mass is 35.5. The summed E-state index contributed by atoms with van der Waals surface area (Å²) in [5.74, 6) is 1.11. The summed E-state index contributed by atoms with van der Waals surface area (Å²) in [4.78, 5) is 4.45. The van der Waals surface area contributed by atoms with Crippen LogP contribution in [0.5, 0.6) is 0 Å². The van der Waals surface area contributed by atoms with Crippen molar-refractivity contribution in [1.82, 2.24) is 9.55 Å². The summed E-state index contributed by atoms with van der Waals surface area (Å²) in [6.07, 6.45) is 1.71. The van der Waals surface area contributed by atoms with Gasteiger partial charge in [-0.25, -0.2) is 4.98 Å². The number of fused-ring (bicyclic) bond motifs is 1. The van der Waals surface area contributed by atoms with Crippen molar-refractivity contribution in [2.75, 3.05) is 6.26 Å². The van der Waals surface area contributed by atoms with Gasteiger partial charge in [-0.05, 0) is 25.1 Å². The van der Waals surface area contributed by atoms with Crippen LogP contribution in [0, 0.1) is 0 Å². The van der Waals surface area contributed by atoms with Gasteiger partial charge in [-0.3, -0.25) is 4.21 Å². The molecule has 0 fully saturated rings. The minimum atomic E-state index is -0.870. The second-order valence-corrected chi connectivity index (χ2v) is 6.72. The predicted octanol–water partition coefficient (Wildman–Crippen LogP) is 3.20. The van der Waals surface area contributed by atoms with E-state index >= 15 is 0 Å². The number of hydrogen-bond acceptors (Lipinski definition) is 2. The Labute approximate surface area is 119 Å². The van der Waals surface area contributed by atoms with Crippen molar-refractivity contribution in [1.29, 1.82) is 0 Å². The maximum atomic E-state index is 11.5. The number of aromatic nitrogens is 2. The molecule has 0 aliphatic carbocycles. The average molecular weight is 305 g/mol. The third kappa shape index (κ3) is 2.71. The monoisotopic (exact) mass is 304 g/mol. The summed E-state index contributed by atoms with van der Waals surface area (Å²) in [6.45, 7) is 2.60. The van der Waals surface area contributed by atoms with Crippen LogP contribution in [0.4, 0.5) is 0 Å². The van der Waals surface area contributed by atoms with Crippen molar-refractivity contribution in [2.45, 2.75) is 24.6 Å². The Hall–Kier alpha value is -0.580. The lowest BCUT2D eigenvalue weighted by atomic mass is 10.3. The molecule has 0 amide bonds. The molecule has 0 saturated carbocycles. The summed E-state index contributed by atoms with van der Waals surface area (Å²) >= 11 is 11.9. The van der Waals surface area contributed by atoms with Crippen molar-refractivity contribution >= 4 is 45.0 Å². The average Bonchev–Trinajstić information content (AvgIpc) is 2.66. The highest BCUT2D eigenvalue weighted by Crippen LogP contribution is 2.22. The van der Waals surface area contributed by atoms with Gasteiger partial charge in [-0.2, -0.15) is 0 Å². The number of hydrogen-bond donors (Lipinski definition) is 0. The molecule has 6 heteroatoms. The number of benzene rings is 1. The molecule has 1 aromatic carbocycles. The fourth-order valence-corrected chi connectivity index (χ4v) is 2.55. The van der Waals surface area contributed by atoms with Crippen LogP contribution in [0.25, 0.3) is 11.0 Å². The Kier molecular flexibility index (Phi) is 4.30. The lowest BCUT2D eigenvalue weighted by Crippen LogP contribution is -2.18. The highest BCUT2D eigenvalue weighted by molar-refractivity contribution is 7.84. The van der Waals surface area contributed by atoms with Crippen molar-refractivity contribution in [3.63, 3.8) is 0 Å². The number of imidazole rings is 1. The van der Waals surface area contributed by atoms with Gasteiger partial charge < -0.3 is 4.57 Å². The van der Waals surface area contributed by atoms with E-state index in [0.29, 0.717) is 17.4 Å². The summed E-state index contributed by atoms with van der Waals surface area (Å²) in [6, 6.07) is 5.57. The van der Waals surface area contributed by atoms with E-state index in [0.717, 1.165) is 16.9 Å². The molecule has 2 rings (SSSR count). The largest absolute Gasteiger partial charge is 0.326 e. The van der Waals surface area contributed by atoms with Gasteiger partial charge in [-0.15, -0.1) is 11.6 Å². The van der Waals surface area contributed by atoms with Crippen LogP contribution in [-0.4, -0.2) is 25.3 Å².